The average Bonchev–Trinajstić information content (AvgIpc) is 2.32. The average molecular weight is 272 g/mol. The summed E-state index contributed by atoms with van der Waals surface area (Å²) in [5, 5.41) is 2.02. The standard InChI is InChI=1S/C14H28N2O3/c1-9-12(19-11(17)8-15)10(2)14(5,6)16(18-7)13(9,3)4/h9-10,12H,8,15H2,1-7H3. The number of hydroxylamine groups is 2. The van der Waals surface area contributed by atoms with Crippen LogP contribution in [-0.2, 0) is 14.4 Å². The first-order valence-electron chi connectivity index (χ1n) is 6.84. The Bertz CT molecular complexity index is 320. The lowest BCUT2D eigenvalue weighted by atomic mass is 9.67. The molecule has 0 aromatic carbocycles. The van der Waals surface area contributed by atoms with Crippen molar-refractivity contribution in [2.45, 2.75) is 58.7 Å². The summed E-state index contributed by atoms with van der Waals surface area (Å²) in [6.45, 7) is 12.5. The Hall–Kier alpha value is -0.650. The molecule has 2 N–H and O–H groups in total. The molecule has 2 atom stereocenters. The van der Waals surface area contributed by atoms with E-state index in [1.54, 1.807) is 7.11 Å². The highest BCUT2D eigenvalue weighted by atomic mass is 16.7. The van der Waals surface area contributed by atoms with Crippen LogP contribution in [0, 0.1) is 11.8 Å². The van der Waals surface area contributed by atoms with Crippen LogP contribution in [0.3, 0.4) is 0 Å². The first-order chi connectivity index (χ1) is 8.60. The van der Waals surface area contributed by atoms with Gasteiger partial charge in [0.05, 0.1) is 13.7 Å². The van der Waals surface area contributed by atoms with Crippen LogP contribution in [-0.4, -0.2) is 41.9 Å². The van der Waals surface area contributed by atoms with Gasteiger partial charge in [-0.25, -0.2) is 0 Å². The lowest BCUT2D eigenvalue weighted by Crippen LogP contribution is -2.69. The first kappa shape index (κ1) is 16.4. The highest BCUT2D eigenvalue weighted by molar-refractivity contribution is 5.71. The van der Waals surface area contributed by atoms with E-state index in [-0.39, 0.29) is 41.5 Å². The van der Waals surface area contributed by atoms with Gasteiger partial charge in [-0.1, -0.05) is 13.8 Å². The minimum absolute atomic E-state index is 0.0786. The molecule has 5 nitrogen and oxygen atoms in total. The molecule has 0 saturated carbocycles. The number of carbonyl (C=O) groups excluding carboxylic acids is 1. The van der Waals surface area contributed by atoms with Crippen molar-refractivity contribution in [2.24, 2.45) is 17.6 Å². The molecule has 1 aliphatic rings. The van der Waals surface area contributed by atoms with E-state index < -0.39 is 0 Å². The lowest BCUT2D eigenvalue weighted by molar-refractivity contribution is -0.311. The number of nitrogens with zero attached hydrogens (tertiary/aromatic N) is 1. The summed E-state index contributed by atoms with van der Waals surface area (Å²) in [5.41, 5.74) is 4.90. The highest BCUT2D eigenvalue weighted by Gasteiger charge is 2.56. The Morgan fingerprint density at radius 1 is 1.16 bits per heavy atom. The van der Waals surface area contributed by atoms with Gasteiger partial charge in [0.15, 0.2) is 0 Å². The van der Waals surface area contributed by atoms with Crippen molar-refractivity contribution in [2.75, 3.05) is 13.7 Å². The first-order valence-corrected chi connectivity index (χ1v) is 6.84. The van der Waals surface area contributed by atoms with Gasteiger partial charge in [-0.05, 0) is 27.7 Å². The van der Waals surface area contributed by atoms with Gasteiger partial charge in [0.2, 0.25) is 0 Å². The van der Waals surface area contributed by atoms with Crippen LogP contribution >= 0.6 is 0 Å². The van der Waals surface area contributed by atoms with E-state index in [1.807, 2.05) is 5.06 Å². The van der Waals surface area contributed by atoms with Crippen molar-refractivity contribution in [1.29, 1.82) is 0 Å². The molecule has 0 radical (unpaired) electrons. The van der Waals surface area contributed by atoms with Gasteiger partial charge < -0.3 is 15.3 Å². The largest absolute Gasteiger partial charge is 0.461 e. The minimum atomic E-state index is -0.346. The van der Waals surface area contributed by atoms with E-state index in [1.165, 1.54) is 0 Å². The Kier molecular flexibility index (Phi) is 4.65. The topological polar surface area (TPSA) is 64.8 Å². The van der Waals surface area contributed by atoms with E-state index in [0.29, 0.717) is 0 Å². The Morgan fingerprint density at radius 3 is 1.89 bits per heavy atom. The van der Waals surface area contributed by atoms with Gasteiger partial charge in [0.25, 0.3) is 0 Å². The Morgan fingerprint density at radius 2 is 1.58 bits per heavy atom. The van der Waals surface area contributed by atoms with Gasteiger partial charge in [-0.3, -0.25) is 4.79 Å². The van der Waals surface area contributed by atoms with E-state index in [4.69, 9.17) is 15.3 Å². The molecule has 1 heterocycles. The zero-order chi connectivity index (χ0) is 15.0. The zero-order valence-corrected chi connectivity index (χ0v) is 13.2. The van der Waals surface area contributed by atoms with E-state index in [2.05, 4.69) is 41.5 Å². The monoisotopic (exact) mass is 272 g/mol. The molecule has 0 aromatic rings. The summed E-state index contributed by atoms with van der Waals surface area (Å²) < 4.78 is 5.58. The van der Waals surface area contributed by atoms with Crippen LogP contribution in [0.4, 0.5) is 0 Å². The summed E-state index contributed by atoms with van der Waals surface area (Å²) in [6, 6.07) is 0. The van der Waals surface area contributed by atoms with Crippen molar-refractivity contribution in [3.05, 3.63) is 0 Å². The maximum absolute atomic E-state index is 11.6. The van der Waals surface area contributed by atoms with Gasteiger partial charge in [0.1, 0.15) is 6.10 Å². The highest BCUT2D eigenvalue weighted by Crippen LogP contribution is 2.46. The molecule has 1 saturated heterocycles. The number of ether oxygens (including phenoxy) is 1. The van der Waals surface area contributed by atoms with Gasteiger partial charge in [-0.2, -0.15) is 5.06 Å². The summed E-state index contributed by atoms with van der Waals surface area (Å²) in [7, 11) is 1.69. The molecule has 0 bridgehead atoms. The number of esters is 1. The minimum Gasteiger partial charge on any atom is -0.461 e. The second kappa shape index (κ2) is 5.38. The van der Waals surface area contributed by atoms with Crippen molar-refractivity contribution in [1.82, 2.24) is 5.06 Å². The Labute approximate surface area is 116 Å². The fraction of sp³-hybridized carbons (Fsp3) is 0.929. The summed E-state index contributed by atoms with van der Waals surface area (Å²) in [5.74, 6) is -0.0573. The number of carbonyl (C=O) groups is 1. The normalized spacial score (nSPS) is 34.0. The Balaban J connectivity index is 3.12. The van der Waals surface area contributed by atoms with E-state index in [0.717, 1.165) is 0 Å². The summed E-state index contributed by atoms with van der Waals surface area (Å²) in [4.78, 5) is 17.2. The SMILES string of the molecule is CON1C(C)(C)C(C)C(OC(=O)CN)C(C)C1(C)C. The van der Waals surface area contributed by atoms with Crippen LogP contribution in [0.2, 0.25) is 0 Å². The second-order valence-corrected chi connectivity index (χ2v) is 6.52. The second-order valence-electron chi connectivity index (χ2n) is 6.52. The fourth-order valence-corrected chi connectivity index (χ4v) is 3.22. The lowest BCUT2D eigenvalue weighted by Gasteiger charge is -2.59. The molecule has 1 fully saturated rings. The third-order valence-corrected chi connectivity index (χ3v) is 4.88. The van der Waals surface area contributed by atoms with Gasteiger partial charge in [0, 0.05) is 22.9 Å². The van der Waals surface area contributed by atoms with E-state index in [9.17, 15) is 4.79 Å². The summed E-state index contributed by atoms with van der Waals surface area (Å²) >= 11 is 0. The van der Waals surface area contributed by atoms with Crippen molar-refractivity contribution in [3.8, 4) is 0 Å². The third-order valence-electron chi connectivity index (χ3n) is 4.88. The zero-order valence-electron chi connectivity index (χ0n) is 13.2. The number of nitrogens with two attached hydrogens (primary N) is 1. The number of piperidine rings is 1. The van der Waals surface area contributed by atoms with Crippen molar-refractivity contribution >= 4 is 5.97 Å². The number of hydrogen-bond acceptors (Lipinski definition) is 5. The van der Waals surface area contributed by atoms with Gasteiger partial charge in [-0.15, -0.1) is 0 Å². The molecule has 0 aliphatic carbocycles. The molecular formula is C14H28N2O3. The van der Waals surface area contributed by atoms with Gasteiger partial charge >= 0.3 is 5.97 Å². The summed E-state index contributed by atoms with van der Waals surface area (Å²) in [6.07, 6.45) is -0.160. The fourth-order valence-electron chi connectivity index (χ4n) is 3.22. The van der Waals surface area contributed by atoms with Crippen LogP contribution in [0.5, 0.6) is 0 Å². The molecule has 0 amide bonds. The molecule has 1 rings (SSSR count). The molecule has 0 aromatic heterocycles. The molecular weight excluding hydrogens is 244 g/mol. The number of hydrogen-bond donors (Lipinski definition) is 1. The van der Waals surface area contributed by atoms with Crippen molar-refractivity contribution < 1.29 is 14.4 Å². The maximum atomic E-state index is 11.6. The van der Waals surface area contributed by atoms with E-state index >= 15 is 0 Å². The molecule has 0 spiro atoms. The predicted molar refractivity (Wildman–Crippen MR) is 74.3 cm³/mol. The molecule has 1 aliphatic heterocycles. The third kappa shape index (κ3) is 2.64. The maximum Gasteiger partial charge on any atom is 0.319 e. The van der Waals surface area contributed by atoms with Crippen molar-refractivity contribution in [3.63, 3.8) is 0 Å². The van der Waals surface area contributed by atoms with Crippen LogP contribution in [0.15, 0.2) is 0 Å². The van der Waals surface area contributed by atoms with Crippen LogP contribution < -0.4 is 5.73 Å². The molecule has 19 heavy (non-hydrogen) atoms. The smallest absolute Gasteiger partial charge is 0.319 e. The molecule has 5 heteroatoms. The molecule has 112 valence electrons. The number of rotatable bonds is 3. The molecule has 2 unspecified atom stereocenters. The van der Waals surface area contributed by atoms with Crippen LogP contribution in [0.1, 0.15) is 41.5 Å². The quantitative estimate of drug-likeness (QED) is 0.790. The van der Waals surface area contributed by atoms with Crippen LogP contribution in [0.25, 0.3) is 0 Å². The predicted octanol–water partition coefficient (Wildman–Crippen LogP) is 1.56.